The number of rotatable bonds is 14. The van der Waals surface area contributed by atoms with Gasteiger partial charge in [-0.1, -0.05) is 12.0 Å². The van der Waals surface area contributed by atoms with E-state index < -0.39 is 31.8 Å². The van der Waals surface area contributed by atoms with E-state index in [4.69, 9.17) is 40.4 Å². The van der Waals surface area contributed by atoms with Gasteiger partial charge in [-0.3, -0.25) is 0 Å². The summed E-state index contributed by atoms with van der Waals surface area (Å²) in [6, 6.07) is 0. The summed E-state index contributed by atoms with van der Waals surface area (Å²) in [5, 5.41) is 0. The number of hydrogen-bond donors (Lipinski definition) is 0. The fourth-order valence-corrected chi connectivity index (χ4v) is 9.11. The molecule has 0 aliphatic carbocycles. The molecule has 13 heteroatoms. The second-order valence-electron chi connectivity index (χ2n) is 6.69. The lowest BCUT2D eigenvalue weighted by molar-refractivity contribution is 0.0651. The average molecular weight is 474 g/mol. The molecule has 0 atom stereocenters. The summed E-state index contributed by atoms with van der Waals surface area (Å²) in [5.74, 6) is 3.59. The Morgan fingerprint density at radius 3 is 1.23 bits per heavy atom. The average Bonchev–Trinajstić information content (AvgIpc) is 2.79. The fraction of sp³-hybridized carbons (Fsp3) is 0.778. The molecule has 0 aromatic carbocycles. The highest BCUT2D eigenvalue weighted by Crippen LogP contribution is 2.23. The summed E-state index contributed by atoms with van der Waals surface area (Å²) in [4.78, 5) is 0. The van der Waals surface area contributed by atoms with Crippen LogP contribution >= 0.6 is 0 Å². The van der Waals surface area contributed by atoms with Crippen molar-refractivity contribution >= 4 is 31.8 Å². The highest BCUT2D eigenvalue weighted by molar-refractivity contribution is 6.81. The summed E-state index contributed by atoms with van der Waals surface area (Å²) < 4.78 is 53.4. The van der Waals surface area contributed by atoms with Gasteiger partial charge >= 0.3 is 31.8 Å². The second-order valence-corrected chi connectivity index (χ2v) is 11.7. The Morgan fingerprint density at radius 2 is 0.935 bits per heavy atom. The summed E-state index contributed by atoms with van der Waals surface area (Å²) in [6.07, 6.45) is 1.75. The predicted octanol–water partition coefficient (Wildman–Crippen LogP) is 2.15. The lowest BCUT2D eigenvalue weighted by Crippen LogP contribution is -2.58. The van der Waals surface area contributed by atoms with Crippen LogP contribution in [0.2, 0.25) is 0 Å². The summed E-state index contributed by atoms with van der Waals surface area (Å²) in [6.45, 7) is 11.8. The maximum absolute atomic E-state index is 6.56. The molecule has 2 saturated heterocycles. The highest BCUT2D eigenvalue weighted by Gasteiger charge is 2.51. The first kappa shape index (κ1) is 26.9. The molecule has 9 nitrogen and oxygen atoms in total. The van der Waals surface area contributed by atoms with Crippen LogP contribution in [0.5, 0.6) is 0 Å². The largest absolute Gasteiger partial charge is 0.521 e. The molecule has 0 spiro atoms. The van der Waals surface area contributed by atoms with Crippen LogP contribution in [0.15, 0.2) is 23.3 Å². The van der Waals surface area contributed by atoms with Gasteiger partial charge in [-0.2, -0.15) is 0 Å². The Balaban J connectivity index is 2.29. The Kier molecular flexibility index (Phi) is 12.8. The van der Waals surface area contributed by atoms with Crippen LogP contribution in [0, 0.1) is 0 Å². The van der Waals surface area contributed by atoms with Gasteiger partial charge in [0.25, 0.3) is 0 Å². The van der Waals surface area contributed by atoms with Crippen LogP contribution in [0.1, 0.15) is 40.5 Å². The molecular weight excluding hydrogens is 438 g/mol. The van der Waals surface area contributed by atoms with Crippen LogP contribution in [0.3, 0.4) is 0 Å². The van der Waals surface area contributed by atoms with Crippen molar-refractivity contribution < 1.29 is 40.4 Å². The van der Waals surface area contributed by atoms with Crippen molar-refractivity contribution in [1.82, 2.24) is 0 Å². The molecule has 2 heterocycles. The third-order valence-electron chi connectivity index (χ3n) is 4.29. The normalized spacial score (nSPS) is 19.1. The smallest absolute Gasteiger partial charge is 0.408 e. The van der Waals surface area contributed by atoms with Gasteiger partial charge in [-0.25, -0.2) is 0 Å². The molecule has 0 aromatic heterocycles. The molecule has 2 aliphatic rings. The molecular formula is C18H36B2O9Si2. The van der Waals surface area contributed by atoms with Crippen molar-refractivity contribution in [2.45, 2.75) is 40.5 Å². The van der Waals surface area contributed by atoms with E-state index in [1.807, 2.05) is 27.7 Å². The monoisotopic (exact) mass is 474 g/mol. The van der Waals surface area contributed by atoms with Crippen molar-refractivity contribution in [1.29, 1.82) is 0 Å². The first-order chi connectivity index (χ1) is 15.1. The van der Waals surface area contributed by atoms with Gasteiger partial charge in [0.1, 0.15) is 0 Å². The van der Waals surface area contributed by atoms with Crippen molar-refractivity contribution in [3.8, 4) is 0 Å². The first-order valence-electron chi connectivity index (χ1n) is 11.2. The third-order valence-corrected chi connectivity index (χ3v) is 10.5. The molecule has 31 heavy (non-hydrogen) atoms. The van der Waals surface area contributed by atoms with Gasteiger partial charge in [0.15, 0.2) is 0 Å². The van der Waals surface area contributed by atoms with Gasteiger partial charge in [0, 0.05) is 52.9 Å². The standard InChI is InChI=1S/C18H36B2O9Si2/c1-5-25-30(26-6-2,17-11-19-21-13-9-14-22-19)29-31(27-7-3,28-8-4)18-12-20-23-15-10-16-24-20/h11-12,17-18H,5-10,13-16H2,1-4H3/b17-11+,18-12+. The zero-order valence-electron chi connectivity index (χ0n) is 19.2. The van der Waals surface area contributed by atoms with Crippen LogP contribution in [0.25, 0.3) is 0 Å². The van der Waals surface area contributed by atoms with Gasteiger partial charge in [0.2, 0.25) is 0 Å². The molecule has 0 amide bonds. The molecule has 0 saturated carbocycles. The fourth-order valence-electron chi connectivity index (χ4n) is 3.09. The lowest BCUT2D eigenvalue weighted by atomic mass is 9.90. The second kappa shape index (κ2) is 14.8. The third kappa shape index (κ3) is 9.22. The van der Waals surface area contributed by atoms with E-state index in [-0.39, 0.29) is 0 Å². The Morgan fingerprint density at radius 1 is 0.613 bits per heavy atom. The SMILES string of the molecule is CCO[Si](/C=C/B1OCCCO1)(OCC)O[Si](/C=C/B1OCCCO1)(OCC)OCC. The van der Waals surface area contributed by atoms with Crippen LogP contribution in [-0.4, -0.2) is 84.7 Å². The van der Waals surface area contributed by atoms with Crippen molar-refractivity contribution in [3.63, 3.8) is 0 Å². The van der Waals surface area contributed by atoms with E-state index in [9.17, 15) is 0 Å². The molecule has 2 rings (SSSR count). The topological polar surface area (TPSA) is 83.1 Å². The number of hydrogen-bond acceptors (Lipinski definition) is 9. The molecule has 176 valence electrons. The summed E-state index contributed by atoms with van der Waals surface area (Å²) >= 11 is 0. The minimum atomic E-state index is -3.34. The quantitative estimate of drug-likeness (QED) is 0.352. The first-order valence-corrected chi connectivity index (χ1v) is 14.8. The molecule has 0 unspecified atom stereocenters. The minimum Gasteiger partial charge on any atom is -0.408 e. The molecule has 0 aromatic rings. The molecule has 0 bridgehead atoms. The maximum atomic E-state index is 6.56. The zero-order valence-corrected chi connectivity index (χ0v) is 21.2. The highest BCUT2D eigenvalue weighted by atomic mass is 28.5. The van der Waals surface area contributed by atoms with E-state index in [1.165, 1.54) is 0 Å². The van der Waals surface area contributed by atoms with Crippen molar-refractivity contribution in [2.75, 3.05) is 52.9 Å². The Labute approximate surface area is 189 Å². The predicted molar refractivity (Wildman–Crippen MR) is 122 cm³/mol. The van der Waals surface area contributed by atoms with E-state index in [1.54, 1.807) is 23.3 Å². The van der Waals surface area contributed by atoms with Gasteiger partial charge in [-0.05, 0) is 51.9 Å². The van der Waals surface area contributed by atoms with Crippen LogP contribution < -0.4 is 0 Å². The van der Waals surface area contributed by atoms with Crippen molar-refractivity contribution in [3.05, 3.63) is 23.3 Å². The minimum absolute atomic E-state index is 0.407. The molecule has 0 N–H and O–H groups in total. The maximum Gasteiger partial charge on any atom is 0.521 e. The van der Waals surface area contributed by atoms with E-state index >= 15 is 0 Å². The lowest BCUT2D eigenvalue weighted by Gasteiger charge is -2.35. The van der Waals surface area contributed by atoms with Gasteiger partial charge < -0.3 is 40.4 Å². The molecule has 2 fully saturated rings. The van der Waals surface area contributed by atoms with Crippen LogP contribution in [0.4, 0.5) is 0 Å². The summed E-state index contributed by atoms with van der Waals surface area (Å²) in [5.41, 5.74) is 3.61. The van der Waals surface area contributed by atoms with Gasteiger partial charge in [-0.15, -0.1) is 0 Å². The Hall–Kier alpha value is -0.316. The van der Waals surface area contributed by atoms with E-state index in [2.05, 4.69) is 0 Å². The van der Waals surface area contributed by atoms with Gasteiger partial charge in [0.05, 0.1) is 0 Å². The van der Waals surface area contributed by atoms with E-state index in [0.29, 0.717) is 52.9 Å². The zero-order chi connectivity index (χ0) is 22.4. The van der Waals surface area contributed by atoms with E-state index in [0.717, 1.165) is 12.8 Å². The molecule has 0 radical (unpaired) electrons. The van der Waals surface area contributed by atoms with Crippen molar-refractivity contribution in [2.24, 2.45) is 0 Å². The summed E-state index contributed by atoms with van der Waals surface area (Å²) in [7, 11) is -7.59. The van der Waals surface area contributed by atoms with Crippen LogP contribution in [-0.2, 0) is 40.4 Å². The molecule has 2 aliphatic heterocycles. The Bertz CT molecular complexity index is 486.